The van der Waals surface area contributed by atoms with Crippen LogP contribution in [0.2, 0.25) is 0 Å². The van der Waals surface area contributed by atoms with Crippen LogP contribution in [0.5, 0.6) is 0 Å². The van der Waals surface area contributed by atoms with Crippen molar-refractivity contribution in [2.75, 3.05) is 6.61 Å². The summed E-state index contributed by atoms with van der Waals surface area (Å²) in [5, 5.41) is 9.17. The van der Waals surface area contributed by atoms with Gasteiger partial charge in [-0.3, -0.25) is 0 Å². The fourth-order valence-corrected chi connectivity index (χ4v) is 1.91. The van der Waals surface area contributed by atoms with Gasteiger partial charge >= 0.3 is 0 Å². The minimum atomic E-state index is 0.0654. The third kappa shape index (κ3) is 5.50. The molecule has 1 N–H and O–H groups in total. The Morgan fingerprint density at radius 3 is 2.72 bits per heavy atom. The molecular weight excluding hydrogens is 220 g/mol. The summed E-state index contributed by atoms with van der Waals surface area (Å²) in [7, 11) is 0. The van der Waals surface area contributed by atoms with Gasteiger partial charge in [-0.05, 0) is 42.2 Å². The van der Waals surface area contributed by atoms with Gasteiger partial charge in [0.05, 0.1) is 0 Å². The molecule has 0 unspecified atom stereocenters. The summed E-state index contributed by atoms with van der Waals surface area (Å²) < 4.78 is 0. The van der Waals surface area contributed by atoms with Gasteiger partial charge in [0.1, 0.15) is 0 Å². The first-order valence-corrected chi connectivity index (χ1v) is 6.94. The van der Waals surface area contributed by atoms with Crippen LogP contribution in [0.3, 0.4) is 0 Å². The third-order valence-corrected chi connectivity index (χ3v) is 3.32. The Kier molecular flexibility index (Phi) is 6.14. The van der Waals surface area contributed by atoms with E-state index < -0.39 is 0 Å². The molecule has 0 atom stereocenters. The zero-order valence-electron chi connectivity index (χ0n) is 11.9. The van der Waals surface area contributed by atoms with Gasteiger partial charge in [0, 0.05) is 6.61 Å². The lowest BCUT2D eigenvalue weighted by atomic mass is 9.88. The molecule has 1 aromatic rings. The second-order valence-corrected chi connectivity index (χ2v) is 5.72. The molecule has 0 bridgehead atoms. The number of hydrogen-bond acceptors (Lipinski definition) is 1. The predicted molar refractivity (Wildman–Crippen MR) is 79.6 cm³/mol. The molecular formula is C17H26O. The lowest BCUT2D eigenvalue weighted by molar-refractivity contribution is 0.148. The van der Waals surface area contributed by atoms with Crippen LogP contribution in [0, 0.1) is 5.41 Å². The van der Waals surface area contributed by atoms with E-state index >= 15 is 0 Å². The standard InChI is InChI=1S/C17H26O/c1-4-15-10-8-11-16(13-15)9-6-5-7-12-17(2,3)14-18/h6,8-11,13,18H,4-5,7,12,14H2,1-3H3/b9-6+. The van der Waals surface area contributed by atoms with Crippen LogP contribution in [0.15, 0.2) is 30.3 Å². The normalized spacial score (nSPS) is 12.2. The van der Waals surface area contributed by atoms with E-state index in [1.165, 1.54) is 11.1 Å². The van der Waals surface area contributed by atoms with Crippen molar-refractivity contribution in [3.8, 4) is 0 Å². The maximum absolute atomic E-state index is 9.17. The molecule has 0 aliphatic carbocycles. The number of allylic oxidation sites excluding steroid dienone is 1. The summed E-state index contributed by atoms with van der Waals surface area (Å²) in [6.45, 7) is 6.68. The van der Waals surface area contributed by atoms with E-state index in [2.05, 4.69) is 57.2 Å². The van der Waals surface area contributed by atoms with Crippen LogP contribution >= 0.6 is 0 Å². The molecule has 0 aromatic heterocycles. The van der Waals surface area contributed by atoms with Gasteiger partial charge in [-0.1, -0.05) is 57.2 Å². The average molecular weight is 246 g/mol. The van der Waals surface area contributed by atoms with Crippen molar-refractivity contribution >= 4 is 6.08 Å². The smallest absolute Gasteiger partial charge is 0.0482 e. The molecule has 1 rings (SSSR count). The highest BCUT2D eigenvalue weighted by molar-refractivity contribution is 5.50. The van der Waals surface area contributed by atoms with E-state index in [9.17, 15) is 0 Å². The molecule has 0 saturated heterocycles. The third-order valence-electron chi connectivity index (χ3n) is 3.32. The van der Waals surface area contributed by atoms with E-state index in [1.54, 1.807) is 0 Å². The van der Waals surface area contributed by atoms with Crippen LogP contribution in [0.4, 0.5) is 0 Å². The molecule has 18 heavy (non-hydrogen) atoms. The molecule has 0 radical (unpaired) electrons. The quantitative estimate of drug-likeness (QED) is 0.705. The zero-order chi connectivity index (χ0) is 13.4. The zero-order valence-corrected chi connectivity index (χ0v) is 11.9. The van der Waals surface area contributed by atoms with Crippen molar-refractivity contribution in [2.24, 2.45) is 5.41 Å². The van der Waals surface area contributed by atoms with E-state index in [0.29, 0.717) is 0 Å². The molecule has 1 aromatic carbocycles. The monoisotopic (exact) mass is 246 g/mol. The van der Waals surface area contributed by atoms with Crippen molar-refractivity contribution in [1.29, 1.82) is 0 Å². The van der Waals surface area contributed by atoms with Gasteiger partial charge in [-0.15, -0.1) is 0 Å². The SMILES string of the molecule is CCc1cccc(/C=C/CCCC(C)(C)CO)c1. The number of aryl methyl sites for hydroxylation is 1. The van der Waals surface area contributed by atoms with Crippen molar-refractivity contribution < 1.29 is 5.11 Å². The summed E-state index contributed by atoms with van der Waals surface area (Å²) in [6.07, 6.45) is 8.82. The van der Waals surface area contributed by atoms with Crippen LogP contribution in [0.1, 0.15) is 51.2 Å². The second-order valence-electron chi connectivity index (χ2n) is 5.72. The predicted octanol–water partition coefficient (Wildman–Crippen LogP) is 4.45. The lowest BCUT2D eigenvalue weighted by Crippen LogP contribution is -2.15. The molecule has 1 heteroatoms. The first kappa shape index (κ1) is 15.0. The molecule has 100 valence electrons. The van der Waals surface area contributed by atoms with Gasteiger partial charge in [-0.25, -0.2) is 0 Å². The van der Waals surface area contributed by atoms with Gasteiger partial charge in [0.25, 0.3) is 0 Å². The first-order valence-electron chi connectivity index (χ1n) is 6.94. The Morgan fingerprint density at radius 1 is 1.28 bits per heavy atom. The highest BCUT2D eigenvalue weighted by atomic mass is 16.3. The summed E-state index contributed by atoms with van der Waals surface area (Å²) in [5.41, 5.74) is 2.74. The Balaban J connectivity index is 2.36. The van der Waals surface area contributed by atoms with Gasteiger partial charge < -0.3 is 5.11 Å². The molecule has 0 spiro atoms. The molecule has 1 nitrogen and oxygen atoms in total. The van der Waals surface area contributed by atoms with Crippen molar-refractivity contribution in [2.45, 2.75) is 46.5 Å². The van der Waals surface area contributed by atoms with E-state index in [1.807, 2.05) is 0 Å². The van der Waals surface area contributed by atoms with Crippen LogP contribution in [-0.4, -0.2) is 11.7 Å². The Morgan fingerprint density at radius 2 is 2.06 bits per heavy atom. The minimum Gasteiger partial charge on any atom is -0.396 e. The van der Waals surface area contributed by atoms with Crippen LogP contribution in [-0.2, 0) is 6.42 Å². The Hall–Kier alpha value is -1.08. The van der Waals surface area contributed by atoms with Crippen molar-refractivity contribution in [3.63, 3.8) is 0 Å². The van der Waals surface area contributed by atoms with Gasteiger partial charge in [0.2, 0.25) is 0 Å². The molecule has 0 fully saturated rings. The number of unbranched alkanes of at least 4 members (excludes halogenated alkanes) is 1. The number of aliphatic hydroxyl groups is 1. The summed E-state index contributed by atoms with van der Waals surface area (Å²) in [5.74, 6) is 0. The van der Waals surface area contributed by atoms with Crippen LogP contribution < -0.4 is 0 Å². The maximum atomic E-state index is 9.17. The molecule has 0 amide bonds. The van der Waals surface area contributed by atoms with Gasteiger partial charge in [-0.2, -0.15) is 0 Å². The summed E-state index contributed by atoms with van der Waals surface area (Å²) in [6, 6.07) is 8.68. The van der Waals surface area contributed by atoms with Crippen molar-refractivity contribution in [1.82, 2.24) is 0 Å². The molecule has 0 heterocycles. The second kappa shape index (κ2) is 7.38. The topological polar surface area (TPSA) is 20.2 Å². The number of rotatable bonds is 7. The summed E-state index contributed by atoms with van der Waals surface area (Å²) >= 11 is 0. The lowest BCUT2D eigenvalue weighted by Gasteiger charge is -2.20. The number of hydrogen-bond donors (Lipinski definition) is 1. The van der Waals surface area contributed by atoms with Crippen molar-refractivity contribution in [3.05, 3.63) is 41.5 Å². The van der Waals surface area contributed by atoms with E-state index in [-0.39, 0.29) is 12.0 Å². The fraction of sp³-hybridized carbons (Fsp3) is 0.529. The molecule has 0 aliphatic rings. The largest absolute Gasteiger partial charge is 0.396 e. The summed E-state index contributed by atoms with van der Waals surface area (Å²) in [4.78, 5) is 0. The first-order chi connectivity index (χ1) is 8.57. The number of aliphatic hydroxyl groups excluding tert-OH is 1. The average Bonchev–Trinajstić information content (AvgIpc) is 2.38. The van der Waals surface area contributed by atoms with Crippen LogP contribution in [0.25, 0.3) is 6.08 Å². The van der Waals surface area contributed by atoms with E-state index in [4.69, 9.17) is 5.11 Å². The Bertz CT molecular complexity index is 377. The van der Waals surface area contributed by atoms with Gasteiger partial charge in [0.15, 0.2) is 0 Å². The highest BCUT2D eigenvalue weighted by Gasteiger charge is 2.14. The molecule has 0 saturated carbocycles. The van der Waals surface area contributed by atoms with E-state index in [0.717, 1.165) is 25.7 Å². The minimum absolute atomic E-state index is 0.0654. The highest BCUT2D eigenvalue weighted by Crippen LogP contribution is 2.22. The molecule has 0 aliphatic heterocycles. The fourth-order valence-electron chi connectivity index (χ4n) is 1.91. The Labute approximate surface area is 112 Å². The maximum Gasteiger partial charge on any atom is 0.0482 e. The number of benzene rings is 1.